The lowest BCUT2D eigenvalue weighted by Gasteiger charge is -2.07. The third-order valence-electron chi connectivity index (χ3n) is 2.48. The Bertz CT molecular complexity index is 643. The Morgan fingerprint density at radius 3 is 3.00 bits per heavy atom. The summed E-state index contributed by atoms with van der Waals surface area (Å²) in [5.74, 6) is 5.38. The van der Waals surface area contributed by atoms with Crippen molar-refractivity contribution >= 4 is 22.9 Å². The lowest BCUT2D eigenvalue weighted by atomic mass is 10.2. The van der Waals surface area contributed by atoms with Crippen LogP contribution in [-0.2, 0) is 6.61 Å². The van der Waals surface area contributed by atoms with Crippen LogP contribution in [0.15, 0.2) is 29.6 Å². The van der Waals surface area contributed by atoms with Gasteiger partial charge in [-0.25, -0.2) is 4.39 Å². The van der Waals surface area contributed by atoms with Crippen molar-refractivity contribution in [1.82, 2.24) is 0 Å². The van der Waals surface area contributed by atoms with Gasteiger partial charge in [0.15, 0.2) is 11.6 Å². The quantitative estimate of drug-likeness (QED) is 0.869. The van der Waals surface area contributed by atoms with E-state index in [-0.39, 0.29) is 24.0 Å². The van der Waals surface area contributed by atoms with Crippen molar-refractivity contribution in [1.29, 1.82) is 0 Å². The molecule has 0 atom stereocenters. The van der Waals surface area contributed by atoms with E-state index < -0.39 is 5.82 Å². The fraction of sp³-hybridized carbons (Fsp3) is 0.200. The summed E-state index contributed by atoms with van der Waals surface area (Å²) in [6.45, 7) is 0.273. The first kappa shape index (κ1) is 14.9. The standard InChI is InChI=1S/C15H12ClFO2S/c16-12-5-3-6-13(15(12)17)19-10-14-11(7-9-20-14)4-1-2-8-18/h3,5-7,9,18H,2,8,10H2. The lowest BCUT2D eigenvalue weighted by Crippen LogP contribution is -1.97. The largest absolute Gasteiger partial charge is 0.485 e. The molecule has 0 spiro atoms. The summed E-state index contributed by atoms with van der Waals surface area (Å²) in [7, 11) is 0. The summed E-state index contributed by atoms with van der Waals surface area (Å²) < 4.78 is 19.1. The van der Waals surface area contributed by atoms with Crippen molar-refractivity contribution in [2.45, 2.75) is 13.0 Å². The number of benzene rings is 1. The zero-order valence-electron chi connectivity index (χ0n) is 10.5. The van der Waals surface area contributed by atoms with Crippen molar-refractivity contribution in [3.8, 4) is 17.6 Å². The zero-order chi connectivity index (χ0) is 14.4. The minimum Gasteiger partial charge on any atom is -0.485 e. The van der Waals surface area contributed by atoms with Gasteiger partial charge in [-0.15, -0.1) is 11.3 Å². The van der Waals surface area contributed by atoms with Crippen LogP contribution in [0.2, 0.25) is 5.02 Å². The Morgan fingerprint density at radius 1 is 1.35 bits per heavy atom. The second-order valence-corrected chi connectivity index (χ2v) is 5.28. The fourth-order valence-corrected chi connectivity index (χ4v) is 2.42. The Balaban J connectivity index is 2.07. The van der Waals surface area contributed by atoms with Gasteiger partial charge >= 0.3 is 0 Å². The average molecular weight is 311 g/mol. The van der Waals surface area contributed by atoms with Gasteiger partial charge < -0.3 is 9.84 Å². The molecule has 2 aromatic rings. The van der Waals surface area contributed by atoms with E-state index in [9.17, 15) is 4.39 Å². The molecule has 0 bridgehead atoms. The van der Waals surface area contributed by atoms with E-state index in [0.29, 0.717) is 6.42 Å². The molecule has 1 aromatic carbocycles. The van der Waals surface area contributed by atoms with E-state index in [1.54, 1.807) is 6.07 Å². The molecule has 5 heteroatoms. The van der Waals surface area contributed by atoms with Gasteiger partial charge in [0.25, 0.3) is 0 Å². The van der Waals surface area contributed by atoms with Gasteiger partial charge in [0.1, 0.15) is 6.61 Å². The molecule has 0 aliphatic heterocycles. The van der Waals surface area contributed by atoms with Crippen molar-refractivity contribution in [2.24, 2.45) is 0 Å². The van der Waals surface area contributed by atoms with E-state index >= 15 is 0 Å². The minimum absolute atomic E-state index is 0.0384. The number of thiophene rings is 1. The number of hydrogen-bond acceptors (Lipinski definition) is 3. The van der Waals surface area contributed by atoms with Crippen molar-refractivity contribution in [2.75, 3.05) is 6.61 Å². The molecule has 2 rings (SSSR count). The predicted molar refractivity (Wildman–Crippen MR) is 78.6 cm³/mol. The molecule has 0 amide bonds. The van der Waals surface area contributed by atoms with Gasteiger partial charge in [-0.05, 0) is 23.6 Å². The lowest BCUT2D eigenvalue weighted by molar-refractivity contribution is 0.293. The number of hydrogen-bond donors (Lipinski definition) is 1. The van der Waals surface area contributed by atoms with Gasteiger partial charge in [0.05, 0.1) is 16.5 Å². The summed E-state index contributed by atoms with van der Waals surface area (Å²) in [6, 6.07) is 6.52. The maximum absolute atomic E-state index is 13.7. The fourth-order valence-electron chi connectivity index (χ4n) is 1.52. The molecule has 1 N–H and O–H groups in total. The van der Waals surface area contributed by atoms with Crippen LogP contribution in [-0.4, -0.2) is 11.7 Å². The summed E-state index contributed by atoms with van der Waals surface area (Å²) >= 11 is 7.18. The first-order valence-corrected chi connectivity index (χ1v) is 7.21. The highest BCUT2D eigenvalue weighted by Gasteiger charge is 2.09. The van der Waals surface area contributed by atoms with Crippen LogP contribution in [0.25, 0.3) is 0 Å². The molecule has 0 aliphatic carbocycles. The van der Waals surface area contributed by atoms with Gasteiger partial charge in [0, 0.05) is 12.0 Å². The molecule has 1 heterocycles. The smallest absolute Gasteiger partial charge is 0.183 e. The molecule has 0 fully saturated rings. The van der Waals surface area contributed by atoms with Crippen LogP contribution in [0, 0.1) is 17.7 Å². The molecule has 104 valence electrons. The van der Waals surface area contributed by atoms with Gasteiger partial charge in [-0.3, -0.25) is 0 Å². The van der Waals surface area contributed by atoms with Gasteiger partial charge in [0.2, 0.25) is 0 Å². The number of aliphatic hydroxyl groups excluding tert-OH is 1. The molecular weight excluding hydrogens is 299 g/mol. The van der Waals surface area contributed by atoms with Crippen LogP contribution >= 0.6 is 22.9 Å². The van der Waals surface area contributed by atoms with E-state index in [1.165, 1.54) is 23.5 Å². The highest BCUT2D eigenvalue weighted by Crippen LogP contribution is 2.26. The minimum atomic E-state index is -0.557. The number of aliphatic hydroxyl groups is 1. The Kier molecular flexibility index (Phi) is 5.42. The Labute approximate surface area is 125 Å². The summed E-state index contributed by atoms with van der Waals surface area (Å²) in [5, 5.41) is 10.6. The van der Waals surface area contributed by atoms with Crippen molar-refractivity contribution in [3.63, 3.8) is 0 Å². The third-order valence-corrected chi connectivity index (χ3v) is 3.67. The maximum Gasteiger partial charge on any atom is 0.183 e. The second-order valence-electron chi connectivity index (χ2n) is 3.87. The highest BCUT2D eigenvalue weighted by molar-refractivity contribution is 7.10. The SMILES string of the molecule is OCCC#Cc1ccsc1COc1cccc(Cl)c1F. The van der Waals surface area contributed by atoms with Gasteiger partial charge in [-0.1, -0.05) is 29.5 Å². The number of ether oxygens (including phenoxy) is 1. The molecule has 2 nitrogen and oxygen atoms in total. The number of halogens is 2. The summed E-state index contributed by atoms with van der Waals surface area (Å²) in [6.07, 6.45) is 0.430. The highest BCUT2D eigenvalue weighted by atomic mass is 35.5. The second kappa shape index (κ2) is 7.30. The Hall–Kier alpha value is -1.54. The molecule has 0 saturated heterocycles. The van der Waals surface area contributed by atoms with Crippen LogP contribution in [0.1, 0.15) is 16.9 Å². The normalized spacial score (nSPS) is 9.95. The molecule has 0 saturated carbocycles. The van der Waals surface area contributed by atoms with E-state index in [1.807, 2.05) is 11.4 Å². The predicted octanol–water partition coefficient (Wildman–Crippen LogP) is 3.85. The topological polar surface area (TPSA) is 29.5 Å². The van der Waals surface area contributed by atoms with Crippen molar-refractivity contribution < 1.29 is 14.2 Å². The third kappa shape index (κ3) is 3.73. The van der Waals surface area contributed by atoms with Crippen LogP contribution in [0.4, 0.5) is 4.39 Å². The first-order valence-electron chi connectivity index (χ1n) is 5.95. The maximum atomic E-state index is 13.7. The molecule has 20 heavy (non-hydrogen) atoms. The molecule has 0 aliphatic rings. The molecular formula is C15H12ClFO2S. The van der Waals surface area contributed by atoms with E-state index in [0.717, 1.165) is 10.4 Å². The average Bonchev–Trinajstić information content (AvgIpc) is 2.88. The first-order chi connectivity index (χ1) is 9.72. The zero-order valence-corrected chi connectivity index (χ0v) is 12.1. The number of rotatable bonds is 4. The summed E-state index contributed by atoms with van der Waals surface area (Å²) in [5.41, 5.74) is 0.839. The van der Waals surface area contributed by atoms with E-state index in [2.05, 4.69) is 11.8 Å². The van der Waals surface area contributed by atoms with Gasteiger partial charge in [-0.2, -0.15) is 0 Å². The Morgan fingerprint density at radius 2 is 2.20 bits per heavy atom. The van der Waals surface area contributed by atoms with E-state index in [4.69, 9.17) is 21.4 Å². The molecule has 0 unspecified atom stereocenters. The van der Waals surface area contributed by atoms with Crippen LogP contribution in [0.3, 0.4) is 0 Å². The molecule has 0 radical (unpaired) electrons. The van der Waals surface area contributed by atoms with Crippen LogP contribution in [0.5, 0.6) is 5.75 Å². The monoisotopic (exact) mass is 310 g/mol. The summed E-state index contributed by atoms with van der Waals surface area (Å²) in [4.78, 5) is 0.912. The molecule has 1 aromatic heterocycles. The van der Waals surface area contributed by atoms with Crippen LogP contribution < -0.4 is 4.74 Å². The van der Waals surface area contributed by atoms with Crippen molar-refractivity contribution in [3.05, 3.63) is 50.9 Å².